The fourth-order valence-corrected chi connectivity index (χ4v) is 5.68. The number of amides is 3. The Balaban J connectivity index is 1.70. The van der Waals surface area contributed by atoms with Crippen molar-refractivity contribution >= 4 is 18.4 Å². The summed E-state index contributed by atoms with van der Waals surface area (Å²) in [6, 6.07) is 4.01. The Morgan fingerprint density at radius 1 is 1.14 bits per heavy atom. The molecule has 1 aliphatic carbocycles. The van der Waals surface area contributed by atoms with Gasteiger partial charge in [-0.15, -0.1) is 0 Å². The van der Waals surface area contributed by atoms with E-state index in [4.69, 9.17) is 14.2 Å². The quantitative estimate of drug-likeness (QED) is 0.123. The molecule has 1 fully saturated rings. The molecule has 2 N–H and O–H groups in total. The molecule has 1 aliphatic heterocycles. The second-order valence-electron chi connectivity index (χ2n) is 10.9. The van der Waals surface area contributed by atoms with Gasteiger partial charge in [-0.2, -0.15) is 13.2 Å². The minimum Gasteiger partial charge on any atom is -0.504 e. The number of halogens is 3. The predicted molar refractivity (Wildman–Crippen MR) is 152 cm³/mol. The molecule has 3 rings (SSSR count). The van der Waals surface area contributed by atoms with Crippen molar-refractivity contribution in [3.05, 3.63) is 46.4 Å². The van der Waals surface area contributed by atoms with E-state index in [1.165, 1.54) is 6.07 Å². The monoisotopic (exact) mass is 610 g/mol. The lowest BCUT2D eigenvalue weighted by atomic mass is 9.82. The van der Waals surface area contributed by atoms with Gasteiger partial charge in [-0.25, -0.2) is 4.79 Å². The predicted octanol–water partition coefficient (Wildman–Crippen LogP) is 6.61. The molecule has 9 nitrogen and oxygen atoms in total. The third-order valence-corrected chi connectivity index (χ3v) is 7.62. The molecule has 1 aromatic carbocycles. The van der Waals surface area contributed by atoms with E-state index in [9.17, 15) is 32.7 Å². The van der Waals surface area contributed by atoms with Gasteiger partial charge < -0.3 is 24.6 Å². The van der Waals surface area contributed by atoms with Crippen molar-refractivity contribution in [3.63, 3.8) is 0 Å². The summed E-state index contributed by atoms with van der Waals surface area (Å²) in [5.74, 6) is -0.0963. The summed E-state index contributed by atoms with van der Waals surface area (Å²) < 4.78 is 56.7. The second kappa shape index (κ2) is 14.7. The zero-order valence-electron chi connectivity index (χ0n) is 25.1. The van der Waals surface area contributed by atoms with Crippen molar-refractivity contribution in [1.29, 1.82) is 0 Å². The van der Waals surface area contributed by atoms with Crippen molar-refractivity contribution in [1.82, 2.24) is 10.2 Å². The highest BCUT2D eigenvalue weighted by Gasteiger charge is 2.49. The number of phenolic OH excluding ortho intramolecular Hbond substituents is 1. The number of carbonyl (C=O) groups excluding carboxylic acids is 3. The normalized spacial score (nSPS) is 20.9. The van der Waals surface area contributed by atoms with Crippen molar-refractivity contribution in [2.24, 2.45) is 5.92 Å². The largest absolute Gasteiger partial charge is 0.504 e. The van der Waals surface area contributed by atoms with E-state index >= 15 is 0 Å². The Morgan fingerprint density at radius 3 is 2.49 bits per heavy atom. The molecule has 0 aromatic heterocycles. The number of hydrogen-bond donors (Lipinski definition) is 2. The van der Waals surface area contributed by atoms with Gasteiger partial charge in [0.2, 0.25) is 0 Å². The van der Waals surface area contributed by atoms with E-state index in [1.807, 2.05) is 13.8 Å². The summed E-state index contributed by atoms with van der Waals surface area (Å²) in [4.78, 5) is 38.4. The van der Waals surface area contributed by atoms with Crippen LogP contribution < -0.4 is 10.1 Å². The van der Waals surface area contributed by atoms with Gasteiger partial charge in [-0.05, 0) is 69.2 Å². The van der Waals surface area contributed by atoms with Crippen LogP contribution in [0.2, 0.25) is 0 Å². The number of nitrogens with one attached hydrogen (secondary N) is 1. The highest BCUT2D eigenvalue weighted by molar-refractivity contribution is 6.07. The molecule has 2 aliphatic rings. The summed E-state index contributed by atoms with van der Waals surface area (Å²) in [6.07, 6.45) is -2.28. The van der Waals surface area contributed by atoms with Crippen molar-refractivity contribution < 1.29 is 46.9 Å². The molecule has 0 radical (unpaired) electrons. The van der Waals surface area contributed by atoms with Gasteiger partial charge in [0, 0.05) is 18.0 Å². The molecule has 0 bridgehead atoms. The molecule has 2 unspecified atom stereocenters. The number of phenols is 1. The first-order chi connectivity index (χ1) is 20.4. The van der Waals surface area contributed by atoms with Crippen LogP contribution in [-0.4, -0.2) is 54.4 Å². The molecular weight excluding hydrogens is 569 g/mol. The van der Waals surface area contributed by atoms with Crippen molar-refractivity contribution in [2.75, 3.05) is 19.8 Å². The van der Waals surface area contributed by atoms with E-state index in [1.54, 1.807) is 26.0 Å². The Morgan fingerprint density at radius 2 is 1.88 bits per heavy atom. The highest BCUT2D eigenvalue weighted by Crippen LogP contribution is 2.43. The molecule has 0 spiro atoms. The molecule has 1 saturated heterocycles. The SMILES string of the molecule is CCCC1=C(OCCCCN2C(=O)NC(C)(c3ccc(OCC)c(O)c3)C2=O)C(CCC)CC(CC(F)(F)F)=C1OC=O. The standard InChI is InChI=1S/C31H41F3N2O7/c1-5-10-20-16-21(18-31(32,33)34)27(43-19-37)23(11-6-2)26(20)42-15-9-8-14-36-28(39)30(4,35-29(36)40)22-12-13-25(41-7-3)24(38)17-22/h12-13,17,19-20,38H,5-11,14-16,18H2,1-4H3,(H,35,40). The summed E-state index contributed by atoms with van der Waals surface area (Å²) >= 11 is 0. The Kier molecular flexibility index (Phi) is 11.5. The Labute approximate surface area is 250 Å². The number of aromatic hydroxyl groups is 1. The number of carbonyl (C=O) groups is 3. The summed E-state index contributed by atoms with van der Waals surface area (Å²) in [7, 11) is 0. The number of imide groups is 1. The lowest BCUT2D eigenvalue weighted by Crippen LogP contribution is -2.41. The van der Waals surface area contributed by atoms with Gasteiger partial charge in [0.25, 0.3) is 12.4 Å². The number of alkyl halides is 3. The number of rotatable bonds is 16. The number of hydrogen-bond acceptors (Lipinski definition) is 7. The smallest absolute Gasteiger partial charge is 0.392 e. The third-order valence-electron chi connectivity index (χ3n) is 7.62. The molecule has 3 amide bonds. The number of nitrogens with zero attached hydrogens (tertiary/aromatic N) is 1. The van der Waals surface area contributed by atoms with Gasteiger partial charge in [0.1, 0.15) is 17.1 Å². The summed E-state index contributed by atoms with van der Waals surface area (Å²) in [5, 5.41) is 13.0. The first-order valence-corrected chi connectivity index (χ1v) is 14.8. The zero-order valence-corrected chi connectivity index (χ0v) is 25.1. The van der Waals surface area contributed by atoms with Gasteiger partial charge in [0.05, 0.1) is 19.6 Å². The molecule has 2 atom stereocenters. The second-order valence-corrected chi connectivity index (χ2v) is 10.9. The van der Waals surface area contributed by atoms with Crippen LogP contribution in [0.5, 0.6) is 11.5 Å². The first-order valence-electron chi connectivity index (χ1n) is 14.8. The van der Waals surface area contributed by atoms with Crippen molar-refractivity contribution in [2.45, 2.75) is 90.8 Å². The molecule has 12 heteroatoms. The fourth-order valence-electron chi connectivity index (χ4n) is 5.68. The molecule has 238 valence electrons. The maximum absolute atomic E-state index is 13.4. The number of urea groups is 1. The Hall–Kier alpha value is -3.70. The molecule has 43 heavy (non-hydrogen) atoms. The molecule has 1 aromatic rings. The molecule has 1 heterocycles. The minimum absolute atomic E-state index is 0.0459. The molecular formula is C31H41F3N2O7. The number of benzene rings is 1. The maximum Gasteiger partial charge on any atom is 0.392 e. The summed E-state index contributed by atoms with van der Waals surface area (Å²) in [6.45, 7) is 8.03. The van der Waals surface area contributed by atoms with Gasteiger partial charge >= 0.3 is 12.2 Å². The average Bonchev–Trinajstić information content (AvgIpc) is 3.15. The fraction of sp³-hybridized carbons (Fsp3) is 0.581. The van der Waals surface area contributed by atoms with Gasteiger partial charge in [-0.3, -0.25) is 14.5 Å². The molecule has 0 saturated carbocycles. The van der Waals surface area contributed by atoms with E-state index in [-0.39, 0.29) is 54.8 Å². The lowest BCUT2D eigenvalue weighted by molar-refractivity contribution is -0.131. The maximum atomic E-state index is 13.4. The van der Waals surface area contributed by atoms with Crippen LogP contribution in [0.25, 0.3) is 0 Å². The van der Waals surface area contributed by atoms with E-state index in [0.717, 1.165) is 11.3 Å². The van der Waals surface area contributed by atoms with Gasteiger partial charge in [0.15, 0.2) is 11.5 Å². The summed E-state index contributed by atoms with van der Waals surface area (Å²) in [5.41, 5.74) is -0.405. The van der Waals surface area contributed by atoms with Gasteiger partial charge in [-0.1, -0.05) is 32.8 Å². The van der Waals surface area contributed by atoms with E-state index in [0.29, 0.717) is 55.6 Å². The topological polar surface area (TPSA) is 114 Å². The third kappa shape index (κ3) is 8.03. The van der Waals surface area contributed by atoms with Crippen LogP contribution in [-0.2, 0) is 24.6 Å². The van der Waals surface area contributed by atoms with Crippen LogP contribution in [0, 0.1) is 5.92 Å². The Bertz CT molecular complexity index is 1240. The number of ether oxygens (including phenoxy) is 3. The first kappa shape index (κ1) is 33.8. The van der Waals surface area contributed by atoms with E-state index < -0.39 is 30.1 Å². The van der Waals surface area contributed by atoms with E-state index in [2.05, 4.69) is 5.32 Å². The average molecular weight is 611 g/mol. The van der Waals surface area contributed by atoms with Crippen LogP contribution >= 0.6 is 0 Å². The van der Waals surface area contributed by atoms with Crippen molar-refractivity contribution in [3.8, 4) is 11.5 Å². The lowest BCUT2D eigenvalue weighted by Gasteiger charge is -2.31. The van der Waals surface area contributed by atoms with Crippen LogP contribution in [0.1, 0.15) is 84.6 Å². The zero-order chi connectivity index (χ0) is 31.8. The number of allylic oxidation sites excluding steroid dienone is 3. The highest BCUT2D eigenvalue weighted by atomic mass is 19.4. The van der Waals surface area contributed by atoms with Crippen LogP contribution in [0.15, 0.2) is 40.9 Å². The van der Waals surface area contributed by atoms with Crippen LogP contribution in [0.4, 0.5) is 18.0 Å². The number of unbranched alkanes of at least 4 members (excludes halogenated alkanes) is 1. The minimum atomic E-state index is -4.44. The van der Waals surface area contributed by atoms with Crippen LogP contribution in [0.3, 0.4) is 0 Å².